The first-order chi connectivity index (χ1) is 15.6. The summed E-state index contributed by atoms with van der Waals surface area (Å²) in [6, 6.07) is 9.98. The highest BCUT2D eigenvalue weighted by Crippen LogP contribution is 2.40. The molecule has 4 nitrogen and oxygen atoms in total. The van der Waals surface area contributed by atoms with Crippen molar-refractivity contribution in [3.05, 3.63) is 88.1 Å². The number of amides is 1. The Kier molecular flexibility index (Phi) is 9.91. The van der Waals surface area contributed by atoms with E-state index in [1.165, 1.54) is 30.4 Å². The number of hydrogen-bond acceptors (Lipinski definition) is 4. The van der Waals surface area contributed by atoms with Crippen molar-refractivity contribution in [3.8, 4) is 0 Å². The van der Waals surface area contributed by atoms with Crippen LogP contribution in [0.15, 0.2) is 71.9 Å². The molecular formula is C23H21Cl2F3N2O2S. The largest absolute Gasteiger partial charge is 0.573 e. The van der Waals surface area contributed by atoms with Crippen LogP contribution in [0.4, 0.5) is 18.9 Å². The Balaban J connectivity index is 2.31. The smallest absolute Gasteiger partial charge is 0.405 e. The lowest BCUT2D eigenvalue weighted by Crippen LogP contribution is -2.15. The molecule has 0 aliphatic rings. The maximum atomic E-state index is 12.9. The molecule has 0 saturated carbocycles. The van der Waals surface area contributed by atoms with Crippen LogP contribution in [-0.4, -0.2) is 12.3 Å². The fraction of sp³-hybridized carbons (Fsp3) is 0.174. The van der Waals surface area contributed by atoms with Gasteiger partial charge < -0.3 is 10.1 Å². The summed E-state index contributed by atoms with van der Waals surface area (Å²) in [5.41, 5.74) is 1.20. The summed E-state index contributed by atoms with van der Waals surface area (Å²) in [5.74, 6) is -0.776. The normalized spacial score (nSPS) is 12.5. The topological polar surface area (TPSA) is 64.3 Å². The van der Waals surface area contributed by atoms with Gasteiger partial charge in [-0.3, -0.25) is 9.93 Å². The standard InChI is InChI=1S/C23H21Cl2F3N2O2S/c1-3-5-17(20(6-4-2)32-23(26,27)28)22-18(24)12-15(13-19(22)25)30-21(31)11-14-7-9-16(33-29)10-8-14/h3,5-10,12-13H,1,4,11,29H2,2H3,(H,30,31)/b17-5+,20-6+. The molecule has 2 aromatic carbocycles. The van der Waals surface area contributed by atoms with Gasteiger partial charge in [0.05, 0.1) is 16.5 Å². The zero-order valence-corrected chi connectivity index (χ0v) is 19.8. The summed E-state index contributed by atoms with van der Waals surface area (Å²) in [4.78, 5) is 13.3. The third-order valence-corrected chi connectivity index (χ3v) is 5.33. The molecule has 0 aliphatic carbocycles. The molecule has 0 atom stereocenters. The highest BCUT2D eigenvalue weighted by atomic mass is 35.5. The maximum Gasteiger partial charge on any atom is 0.573 e. The number of nitrogens with two attached hydrogens (primary N) is 1. The Bertz CT molecular complexity index is 1050. The highest BCUT2D eigenvalue weighted by molar-refractivity contribution is 7.97. The Morgan fingerprint density at radius 1 is 1.21 bits per heavy atom. The molecule has 0 heterocycles. The molecule has 0 fully saturated rings. The number of rotatable bonds is 9. The number of alkyl halides is 3. The first-order valence-electron chi connectivity index (χ1n) is 9.61. The van der Waals surface area contributed by atoms with Gasteiger partial charge in [-0.15, -0.1) is 13.2 Å². The number of carbonyl (C=O) groups excluding carboxylic acids is 1. The maximum absolute atomic E-state index is 12.9. The van der Waals surface area contributed by atoms with E-state index >= 15 is 0 Å². The number of anilines is 1. The van der Waals surface area contributed by atoms with Crippen molar-refractivity contribution >= 4 is 52.3 Å². The van der Waals surface area contributed by atoms with Crippen LogP contribution in [0.5, 0.6) is 0 Å². The zero-order valence-electron chi connectivity index (χ0n) is 17.5. The first-order valence-corrected chi connectivity index (χ1v) is 11.3. The molecule has 2 aromatic rings. The van der Waals surface area contributed by atoms with Crippen LogP contribution in [0, 0.1) is 0 Å². The van der Waals surface area contributed by atoms with Gasteiger partial charge in [-0.05, 0) is 54.3 Å². The number of allylic oxidation sites excluding steroid dienone is 4. The minimum Gasteiger partial charge on any atom is -0.405 e. The number of hydrogen-bond donors (Lipinski definition) is 2. The van der Waals surface area contributed by atoms with Crippen molar-refractivity contribution in [2.24, 2.45) is 5.14 Å². The Labute approximate surface area is 204 Å². The van der Waals surface area contributed by atoms with Gasteiger partial charge in [0.1, 0.15) is 5.76 Å². The molecule has 33 heavy (non-hydrogen) atoms. The second-order valence-electron chi connectivity index (χ2n) is 6.64. The summed E-state index contributed by atoms with van der Waals surface area (Å²) in [5, 5.41) is 8.23. The number of benzene rings is 2. The molecular weight excluding hydrogens is 496 g/mol. The van der Waals surface area contributed by atoms with E-state index in [2.05, 4.69) is 16.6 Å². The van der Waals surface area contributed by atoms with E-state index < -0.39 is 12.1 Å². The molecule has 0 bridgehead atoms. The van der Waals surface area contributed by atoms with Gasteiger partial charge in [0.25, 0.3) is 0 Å². The Hall–Kier alpha value is -2.39. The van der Waals surface area contributed by atoms with Gasteiger partial charge in [0.15, 0.2) is 0 Å². The molecule has 0 spiro atoms. The fourth-order valence-electron chi connectivity index (χ4n) is 2.90. The summed E-state index contributed by atoms with van der Waals surface area (Å²) < 4.78 is 43.0. The van der Waals surface area contributed by atoms with E-state index in [1.807, 2.05) is 0 Å². The van der Waals surface area contributed by atoms with Crippen molar-refractivity contribution in [3.63, 3.8) is 0 Å². The molecule has 1 amide bonds. The fourth-order valence-corrected chi connectivity index (χ4v) is 3.89. The van der Waals surface area contributed by atoms with Gasteiger partial charge in [-0.2, -0.15) is 0 Å². The summed E-state index contributed by atoms with van der Waals surface area (Å²) in [6.45, 7) is 5.20. The lowest BCUT2D eigenvalue weighted by Gasteiger charge is -2.18. The third kappa shape index (κ3) is 8.16. The molecule has 0 unspecified atom stereocenters. The van der Waals surface area contributed by atoms with Crippen LogP contribution in [-0.2, 0) is 16.0 Å². The first kappa shape index (κ1) is 26.9. The van der Waals surface area contributed by atoms with E-state index in [0.29, 0.717) is 5.69 Å². The van der Waals surface area contributed by atoms with Gasteiger partial charge in [0, 0.05) is 21.7 Å². The molecule has 0 saturated heterocycles. The quantitative estimate of drug-likeness (QED) is 0.205. The second kappa shape index (κ2) is 12.2. The van der Waals surface area contributed by atoms with E-state index in [-0.39, 0.29) is 39.9 Å². The van der Waals surface area contributed by atoms with Gasteiger partial charge in [-0.25, -0.2) is 0 Å². The van der Waals surface area contributed by atoms with Crippen LogP contribution in [0.3, 0.4) is 0 Å². The number of ether oxygens (including phenoxy) is 1. The number of halogens is 5. The molecule has 176 valence electrons. The van der Waals surface area contributed by atoms with Crippen LogP contribution >= 0.6 is 35.1 Å². The monoisotopic (exact) mass is 516 g/mol. The SMILES string of the molecule is C=C/C=C(\C(=C/CC)OC(F)(F)F)c1c(Cl)cc(NC(=O)Cc2ccc(SN)cc2)cc1Cl. The van der Waals surface area contributed by atoms with Crippen LogP contribution in [0.25, 0.3) is 5.57 Å². The lowest BCUT2D eigenvalue weighted by molar-refractivity contribution is -0.302. The van der Waals surface area contributed by atoms with Crippen LogP contribution in [0.2, 0.25) is 10.0 Å². The van der Waals surface area contributed by atoms with Crippen molar-refractivity contribution < 1.29 is 22.7 Å². The van der Waals surface area contributed by atoms with Gasteiger partial charge >= 0.3 is 6.36 Å². The molecule has 3 N–H and O–H groups in total. The zero-order chi connectivity index (χ0) is 24.6. The predicted molar refractivity (Wildman–Crippen MR) is 129 cm³/mol. The average molecular weight is 517 g/mol. The van der Waals surface area contributed by atoms with Crippen molar-refractivity contribution in [1.82, 2.24) is 0 Å². The number of carbonyl (C=O) groups is 1. The third-order valence-electron chi connectivity index (χ3n) is 4.18. The van der Waals surface area contributed by atoms with Crippen LogP contribution < -0.4 is 10.5 Å². The minimum absolute atomic E-state index is 0.00918. The highest BCUT2D eigenvalue weighted by Gasteiger charge is 2.34. The van der Waals surface area contributed by atoms with Gasteiger partial charge in [0.2, 0.25) is 5.91 Å². The molecule has 2 rings (SSSR count). The molecule has 0 aliphatic heterocycles. The lowest BCUT2D eigenvalue weighted by atomic mass is 10.0. The number of nitrogens with one attached hydrogen (secondary N) is 1. The van der Waals surface area contributed by atoms with Crippen LogP contribution in [0.1, 0.15) is 24.5 Å². The molecule has 0 radical (unpaired) electrons. The summed E-state index contributed by atoms with van der Waals surface area (Å²) >= 11 is 13.8. The van der Waals surface area contributed by atoms with E-state index in [1.54, 1.807) is 31.2 Å². The van der Waals surface area contributed by atoms with E-state index in [9.17, 15) is 18.0 Å². The minimum atomic E-state index is -4.91. The van der Waals surface area contributed by atoms with Crippen molar-refractivity contribution in [2.75, 3.05) is 5.32 Å². The Morgan fingerprint density at radius 2 is 1.82 bits per heavy atom. The van der Waals surface area contributed by atoms with E-state index in [0.717, 1.165) is 22.4 Å². The van der Waals surface area contributed by atoms with E-state index in [4.69, 9.17) is 28.3 Å². The Morgan fingerprint density at radius 3 is 2.30 bits per heavy atom. The average Bonchev–Trinajstić information content (AvgIpc) is 2.72. The second-order valence-corrected chi connectivity index (χ2v) is 8.16. The van der Waals surface area contributed by atoms with Crippen molar-refractivity contribution in [2.45, 2.75) is 31.0 Å². The molecule has 10 heteroatoms. The predicted octanol–water partition coefficient (Wildman–Crippen LogP) is 7.54. The summed E-state index contributed by atoms with van der Waals surface area (Å²) in [7, 11) is 0. The molecule has 0 aromatic heterocycles. The van der Waals surface area contributed by atoms with Gasteiger partial charge in [-0.1, -0.05) is 61.0 Å². The summed E-state index contributed by atoms with van der Waals surface area (Å²) in [6.07, 6.45) is -0.656. The van der Waals surface area contributed by atoms with Crippen molar-refractivity contribution in [1.29, 1.82) is 0 Å².